The number of hydrogen-bond acceptors (Lipinski definition) is 4. The molecule has 1 N–H and O–H groups in total. The van der Waals surface area contributed by atoms with Crippen molar-refractivity contribution in [2.45, 2.75) is 51.5 Å². The Balaban J connectivity index is 1.68. The zero-order chi connectivity index (χ0) is 21.3. The molecule has 6 nitrogen and oxygen atoms in total. The van der Waals surface area contributed by atoms with E-state index in [1.165, 1.54) is 13.0 Å². The van der Waals surface area contributed by atoms with Gasteiger partial charge in [0.05, 0.1) is 10.6 Å². The van der Waals surface area contributed by atoms with Crippen LogP contribution in [0, 0.1) is 13.8 Å². The van der Waals surface area contributed by atoms with Crippen LogP contribution in [-0.4, -0.2) is 32.0 Å². The van der Waals surface area contributed by atoms with Crippen LogP contribution in [0.15, 0.2) is 41.3 Å². The number of aryl methyl sites for hydroxylation is 2. The average molecular weight is 415 g/mol. The number of sulfone groups is 1. The molecule has 2 amide bonds. The molecule has 154 valence electrons. The number of carbonyl (C=O) groups excluding carboxylic acids is 2. The third-order valence-electron chi connectivity index (χ3n) is 5.35. The summed E-state index contributed by atoms with van der Waals surface area (Å²) in [4.78, 5) is 25.9. The fraction of sp³-hybridized carbons (Fsp3) is 0.364. The fourth-order valence-electron chi connectivity index (χ4n) is 3.67. The molecule has 2 aromatic rings. The van der Waals surface area contributed by atoms with E-state index in [0.29, 0.717) is 12.1 Å². The van der Waals surface area contributed by atoms with Gasteiger partial charge < -0.3 is 10.2 Å². The van der Waals surface area contributed by atoms with E-state index < -0.39 is 9.84 Å². The second-order valence-electron chi connectivity index (χ2n) is 7.65. The number of fused-ring (bicyclic) bond motifs is 1. The number of nitrogens with one attached hydrogen (secondary N) is 1. The number of amides is 2. The highest BCUT2D eigenvalue weighted by Crippen LogP contribution is 2.34. The van der Waals surface area contributed by atoms with E-state index in [1.54, 1.807) is 23.1 Å². The highest BCUT2D eigenvalue weighted by molar-refractivity contribution is 7.91. The number of nitrogens with zero attached hydrogens (tertiary/aromatic N) is 1. The predicted molar refractivity (Wildman–Crippen MR) is 114 cm³/mol. The van der Waals surface area contributed by atoms with Crippen molar-refractivity contribution >= 4 is 33.0 Å². The van der Waals surface area contributed by atoms with Gasteiger partial charge in [-0.1, -0.05) is 6.07 Å². The molecule has 0 aromatic heterocycles. The molecule has 0 bridgehead atoms. The molecule has 29 heavy (non-hydrogen) atoms. The van der Waals surface area contributed by atoms with E-state index in [1.807, 2.05) is 32.9 Å². The summed E-state index contributed by atoms with van der Waals surface area (Å²) in [5, 5.41) is 2.75. The Bertz CT molecular complexity index is 1080. The largest absolute Gasteiger partial charge is 0.326 e. The van der Waals surface area contributed by atoms with Crippen LogP contribution in [0.25, 0.3) is 0 Å². The van der Waals surface area contributed by atoms with Gasteiger partial charge in [-0.25, -0.2) is 8.42 Å². The van der Waals surface area contributed by atoms with Gasteiger partial charge in [-0.2, -0.15) is 0 Å². The maximum absolute atomic E-state index is 12.7. The monoisotopic (exact) mass is 414 g/mol. The number of carbonyl (C=O) groups is 2. The molecule has 0 radical (unpaired) electrons. The van der Waals surface area contributed by atoms with E-state index in [2.05, 4.69) is 5.32 Å². The Labute approximate surface area is 171 Å². The van der Waals surface area contributed by atoms with Crippen molar-refractivity contribution in [1.82, 2.24) is 0 Å². The Morgan fingerprint density at radius 2 is 1.83 bits per heavy atom. The van der Waals surface area contributed by atoms with Gasteiger partial charge in [0.2, 0.25) is 11.8 Å². The summed E-state index contributed by atoms with van der Waals surface area (Å²) in [5.41, 5.74) is 4.44. The minimum Gasteiger partial charge on any atom is -0.326 e. The molecule has 1 heterocycles. The van der Waals surface area contributed by atoms with Gasteiger partial charge in [0.1, 0.15) is 0 Å². The summed E-state index contributed by atoms with van der Waals surface area (Å²) in [6.45, 7) is 7.38. The predicted octanol–water partition coefficient (Wildman–Crippen LogP) is 3.40. The lowest BCUT2D eigenvalue weighted by atomic mass is 10.1. The molecule has 1 aliphatic rings. The quantitative estimate of drug-likeness (QED) is 0.813. The van der Waals surface area contributed by atoms with Crippen molar-refractivity contribution < 1.29 is 18.0 Å². The van der Waals surface area contributed by atoms with Crippen LogP contribution >= 0.6 is 0 Å². The fourth-order valence-corrected chi connectivity index (χ4v) is 4.96. The lowest BCUT2D eigenvalue weighted by Gasteiger charge is -2.20. The lowest BCUT2D eigenvalue weighted by Crippen LogP contribution is -2.33. The van der Waals surface area contributed by atoms with Crippen molar-refractivity contribution in [3.63, 3.8) is 0 Å². The standard InChI is InChI=1S/C22H26N2O4S/c1-14-5-6-19(11-15(14)2)23-22(26)9-10-29(27,28)20-7-8-21-18(13-20)12-16(3)24(21)17(4)25/h5-8,11,13,16H,9-10,12H2,1-4H3,(H,23,26)/t16-/m0/s1. The second-order valence-corrected chi connectivity index (χ2v) is 9.76. The first-order valence-electron chi connectivity index (χ1n) is 9.61. The van der Waals surface area contributed by atoms with Gasteiger partial charge in [-0.15, -0.1) is 0 Å². The van der Waals surface area contributed by atoms with E-state index in [-0.39, 0.29) is 34.9 Å². The third kappa shape index (κ3) is 4.50. The summed E-state index contributed by atoms with van der Waals surface area (Å²) in [7, 11) is -3.60. The molecule has 0 spiro atoms. The molecular formula is C22H26N2O4S. The summed E-state index contributed by atoms with van der Waals surface area (Å²) in [6, 6.07) is 10.4. The Hall–Kier alpha value is -2.67. The minimum atomic E-state index is -3.60. The maximum Gasteiger partial charge on any atom is 0.225 e. The first-order chi connectivity index (χ1) is 13.6. The molecule has 0 aliphatic carbocycles. The molecule has 0 unspecified atom stereocenters. The van der Waals surface area contributed by atoms with Crippen LogP contribution in [0.1, 0.15) is 37.0 Å². The molecule has 0 fully saturated rings. The summed E-state index contributed by atoms with van der Waals surface area (Å²) in [5.74, 6) is -0.668. The van der Waals surface area contributed by atoms with Crippen LogP contribution in [0.4, 0.5) is 11.4 Å². The summed E-state index contributed by atoms with van der Waals surface area (Å²) in [6.07, 6.45) is 0.494. The molecular weight excluding hydrogens is 388 g/mol. The maximum atomic E-state index is 12.7. The van der Waals surface area contributed by atoms with Crippen molar-refractivity contribution in [2.24, 2.45) is 0 Å². The van der Waals surface area contributed by atoms with Crippen molar-refractivity contribution in [3.05, 3.63) is 53.1 Å². The molecule has 1 atom stereocenters. The van der Waals surface area contributed by atoms with Gasteiger partial charge in [-0.3, -0.25) is 9.59 Å². The normalized spacial score (nSPS) is 15.9. The van der Waals surface area contributed by atoms with Crippen LogP contribution in [0.5, 0.6) is 0 Å². The van der Waals surface area contributed by atoms with Gasteiger partial charge in [0.25, 0.3) is 0 Å². The number of benzene rings is 2. The molecule has 0 saturated carbocycles. The molecule has 7 heteroatoms. The first kappa shape index (κ1) is 21.0. The average Bonchev–Trinajstić information content (AvgIpc) is 2.98. The van der Waals surface area contributed by atoms with E-state index in [9.17, 15) is 18.0 Å². The SMILES string of the molecule is CC(=O)N1c2ccc(S(=O)(=O)CCC(=O)Nc3ccc(C)c(C)c3)cc2C[C@@H]1C. The van der Waals surface area contributed by atoms with Crippen LogP contribution in [-0.2, 0) is 25.8 Å². The van der Waals surface area contributed by atoms with Crippen LogP contribution in [0.3, 0.4) is 0 Å². The summed E-state index contributed by atoms with van der Waals surface area (Å²) < 4.78 is 25.4. The van der Waals surface area contributed by atoms with Crippen LogP contribution < -0.4 is 10.2 Å². The minimum absolute atomic E-state index is 0.00389. The zero-order valence-corrected chi connectivity index (χ0v) is 18.0. The molecule has 0 saturated heterocycles. The smallest absolute Gasteiger partial charge is 0.225 e. The molecule has 1 aliphatic heterocycles. The first-order valence-corrected chi connectivity index (χ1v) is 11.3. The van der Waals surface area contributed by atoms with Gasteiger partial charge in [-0.05, 0) is 74.2 Å². The zero-order valence-electron chi connectivity index (χ0n) is 17.2. The Morgan fingerprint density at radius 1 is 1.10 bits per heavy atom. The lowest BCUT2D eigenvalue weighted by molar-refractivity contribution is -0.117. The Morgan fingerprint density at radius 3 is 2.48 bits per heavy atom. The highest BCUT2D eigenvalue weighted by atomic mass is 32.2. The Kier molecular flexibility index (Phi) is 5.80. The number of rotatable bonds is 5. The topological polar surface area (TPSA) is 83.6 Å². The van der Waals surface area contributed by atoms with E-state index in [0.717, 1.165) is 22.4 Å². The second kappa shape index (κ2) is 7.99. The number of anilines is 2. The van der Waals surface area contributed by atoms with Gasteiger partial charge in [0.15, 0.2) is 9.84 Å². The van der Waals surface area contributed by atoms with Crippen molar-refractivity contribution in [1.29, 1.82) is 0 Å². The molecule has 3 rings (SSSR count). The van der Waals surface area contributed by atoms with Crippen molar-refractivity contribution in [3.8, 4) is 0 Å². The highest BCUT2D eigenvalue weighted by Gasteiger charge is 2.30. The van der Waals surface area contributed by atoms with E-state index >= 15 is 0 Å². The van der Waals surface area contributed by atoms with Gasteiger partial charge >= 0.3 is 0 Å². The molecule has 2 aromatic carbocycles. The van der Waals surface area contributed by atoms with Gasteiger partial charge in [0, 0.05) is 30.8 Å². The third-order valence-corrected chi connectivity index (χ3v) is 7.07. The number of hydrogen-bond donors (Lipinski definition) is 1. The van der Waals surface area contributed by atoms with E-state index in [4.69, 9.17) is 0 Å². The van der Waals surface area contributed by atoms with Crippen LogP contribution in [0.2, 0.25) is 0 Å². The van der Waals surface area contributed by atoms with Crippen molar-refractivity contribution in [2.75, 3.05) is 16.0 Å². The summed E-state index contributed by atoms with van der Waals surface area (Å²) >= 11 is 0.